The fourth-order valence-electron chi connectivity index (χ4n) is 3.73. The summed E-state index contributed by atoms with van der Waals surface area (Å²) < 4.78 is 19.6. The minimum Gasteiger partial charge on any atom is -0.334 e. The summed E-state index contributed by atoms with van der Waals surface area (Å²) in [6.07, 6.45) is 0. The number of amides is 2. The Hall–Kier alpha value is -3.48. The zero-order valence-electron chi connectivity index (χ0n) is 18.0. The van der Waals surface area contributed by atoms with E-state index in [2.05, 4.69) is 15.5 Å². The number of aromatic nitrogens is 2. The molecule has 7 heteroatoms. The highest BCUT2D eigenvalue weighted by Gasteiger charge is 2.36. The number of hydrogen-bond donors (Lipinski definition) is 1. The summed E-state index contributed by atoms with van der Waals surface area (Å²) in [5.41, 5.74) is 3.96. The van der Waals surface area contributed by atoms with Crippen molar-refractivity contribution in [3.8, 4) is 11.4 Å². The number of allylic oxidation sites excluding steroid dienone is 1. The molecule has 0 spiro atoms. The Morgan fingerprint density at radius 3 is 2.58 bits per heavy atom. The molecule has 1 unspecified atom stereocenters. The molecule has 0 fully saturated rings. The largest absolute Gasteiger partial charge is 0.334 e. The molecule has 2 amide bonds. The predicted molar refractivity (Wildman–Crippen MR) is 116 cm³/mol. The number of carbonyl (C=O) groups excluding carboxylic acids is 1. The molecule has 0 bridgehead atoms. The van der Waals surface area contributed by atoms with Crippen LogP contribution in [0.5, 0.6) is 0 Å². The fourth-order valence-corrected chi connectivity index (χ4v) is 3.73. The van der Waals surface area contributed by atoms with E-state index in [1.54, 1.807) is 17.0 Å². The predicted octanol–water partition coefficient (Wildman–Crippen LogP) is 5.34. The zero-order chi connectivity index (χ0) is 22.1. The molecule has 2 heterocycles. The molecule has 1 N–H and O–H groups in total. The van der Waals surface area contributed by atoms with E-state index in [1.807, 2.05) is 52.0 Å². The van der Waals surface area contributed by atoms with Crippen molar-refractivity contribution in [1.29, 1.82) is 0 Å². The average Bonchev–Trinajstić information content (AvgIpc) is 3.20. The monoisotopic (exact) mass is 420 g/mol. The van der Waals surface area contributed by atoms with Crippen molar-refractivity contribution in [3.05, 3.63) is 77.1 Å². The van der Waals surface area contributed by atoms with Gasteiger partial charge >= 0.3 is 6.03 Å². The van der Waals surface area contributed by atoms with E-state index in [0.29, 0.717) is 35.1 Å². The number of halogens is 1. The third-order valence-corrected chi connectivity index (χ3v) is 5.29. The van der Waals surface area contributed by atoms with Crippen LogP contribution in [0.4, 0.5) is 9.18 Å². The van der Waals surface area contributed by atoms with Crippen LogP contribution in [0, 0.1) is 18.7 Å². The van der Waals surface area contributed by atoms with Crippen LogP contribution in [-0.2, 0) is 0 Å². The number of carbonyl (C=O) groups is 1. The van der Waals surface area contributed by atoms with Crippen molar-refractivity contribution < 1.29 is 13.7 Å². The van der Waals surface area contributed by atoms with Gasteiger partial charge in [-0.1, -0.05) is 61.0 Å². The molecule has 2 aromatic carbocycles. The van der Waals surface area contributed by atoms with E-state index in [-0.39, 0.29) is 17.8 Å². The quantitative estimate of drug-likeness (QED) is 0.605. The van der Waals surface area contributed by atoms with Crippen LogP contribution in [0.15, 0.2) is 58.8 Å². The fraction of sp³-hybridized carbons (Fsp3) is 0.292. The highest BCUT2D eigenvalue weighted by atomic mass is 19.1. The first-order valence-corrected chi connectivity index (χ1v) is 10.3. The van der Waals surface area contributed by atoms with Gasteiger partial charge in [0.05, 0.1) is 11.6 Å². The van der Waals surface area contributed by atoms with E-state index in [9.17, 15) is 9.18 Å². The molecule has 1 atom stereocenters. The number of hydrogen-bond acceptors (Lipinski definition) is 4. The van der Waals surface area contributed by atoms with E-state index >= 15 is 0 Å². The first-order chi connectivity index (χ1) is 14.8. The molecule has 31 heavy (non-hydrogen) atoms. The normalized spacial score (nSPS) is 16.8. The number of urea groups is 1. The maximum Gasteiger partial charge on any atom is 0.322 e. The molecule has 0 radical (unpaired) electrons. The Kier molecular flexibility index (Phi) is 5.59. The SMILES string of the molecule is CC1=C(c2nc(-c3ccc(C)cc3)no2)C(c2cccc(F)c2)NC(=O)N1CC(C)C. The highest BCUT2D eigenvalue weighted by molar-refractivity contribution is 5.86. The molecular weight excluding hydrogens is 395 g/mol. The van der Waals surface area contributed by atoms with Gasteiger partial charge < -0.3 is 9.84 Å². The van der Waals surface area contributed by atoms with Gasteiger partial charge in [-0.2, -0.15) is 4.98 Å². The summed E-state index contributed by atoms with van der Waals surface area (Å²) in [6, 6.07) is 13.2. The Labute approximate surface area is 180 Å². The van der Waals surface area contributed by atoms with Crippen molar-refractivity contribution in [2.24, 2.45) is 5.92 Å². The van der Waals surface area contributed by atoms with Crippen molar-refractivity contribution in [3.63, 3.8) is 0 Å². The van der Waals surface area contributed by atoms with Crippen LogP contribution in [0.3, 0.4) is 0 Å². The summed E-state index contributed by atoms with van der Waals surface area (Å²) in [7, 11) is 0. The molecule has 160 valence electrons. The summed E-state index contributed by atoms with van der Waals surface area (Å²) in [5, 5.41) is 7.14. The van der Waals surface area contributed by atoms with E-state index in [4.69, 9.17) is 4.52 Å². The Balaban J connectivity index is 1.82. The smallest absolute Gasteiger partial charge is 0.322 e. The van der Waals surface area contributed by atoms with Gasteiger partial charge in [0, 0.05) is 17.8 Å². The maximum atomic E-state index is 14.0. The van der Waals surface area contributed by atoms with Gasteiger partial charge in [-0.3, -0.25) is 4.90 Å². The molecule has 4 rings (SSSR count). The minimum atomic E-state index is -0.599. The molecule has 0 aliphatic carbocycles. The molecule has 0 saturated carbocycles. The van der Waals surface area contributed by atoms with Crippen LogP contribution >= 0.6 is 0 Å². The van der Waals surface area contributed by atoms with E-state index in [0.717, 1.165) is 11.1 Å². The average molecular weight is 420 g/mol. The van der Waals surface area contributed by atoms with Gasteiger partial charge in [0.15, 0.2) is 0 Å². The summed E-state index contributed by atoms with van der Waals surface area (Å²) in [6.45, 7) is 8.49. The van der Waals surface area contributed by atoms with Gasteiger partial charge in [-0.15, -0.1) is 0 Å². The second-order valence-corrected chi connectivity index (χ2v) is 8.23. The lowest BCUT2D eigenvalue weighted by Gasteiger charge is -2.36. The number of nitrogens with one attached hydrogen (secondary N) is 1. The molecule has 1 aromatic heterocycles. The Morgan fingerprint density at radius 1 is 1.16 bits per heavy atom. The van der Waals surface area contributed by atoms with Crippen LogP contribution in [0.25, 0.3) is 17.0 Å². The third kappa shape index (κ3) is 4.21. The van der Waals surface area contributed by atoms with Gasteiger partial charge in [0.25, 0.3) is 5.89 Å². The lowest BCUT2D eigenvalue weighted by molar-refractivity contribution is 0.199. The zero-order valence-corrected chi connectivity index (χ0v) is 18.0. The summed E-state index contributed by atoms with van der Waals surface area (Å²) in [5.74, 6) is 0.648. The molecule has 0 saturated heterocycles. The van der Waals surface area contributed by atoms with E-state index in [1.165, 1.54) is 12.1 Å². The van der Waals surface area contributed by atoms with Crippen molar-refractivity contribution in [1.82, 2.24) is 20.4 Å². The lowest BCUT2D eigenvalue weighted by Crippen LogP contribution is -2.47. The van der Waals surface area contributed by atoms with E-state index < -0.39 is 6.04 Å². The molecule has 1 aliphatic rings. The van der Waals surface area contributed by atoms with Gasteiger partial charge in [-0.05, 0) is 37.5 Å². The van der Waals surface area contributed by atoms with Gasteiger partial charge in [0.1, 0.15) is 5.82 Å². The van der Waals surface area contributed by atoms with Crippen molar-refractivity contribution in [2.75, 3.05) is 6.54 Å². The number of nitrogens with zero attached hydrogens (tertiary/aromatic N) is 3. The summed E-state index contributed by atoms with van der Waals surface area (Å²) >= 11 is 0. The third-order valence-electron chi connectivity index (χ3n) is 5.29. The Bertz CT molecular complexity index is 1130. The van der Waals surface area contributed by atoms with Crippen molar-refractivity contribution >= 4 is 11.6 Å². The van der Waals surface area contributed by atoms with Crippen LogP contribution in [0.2, 0.25) is 0 Å². The molecule has 1 aliphatic heterocycles. The summed E-state index contributed by atoms with van der Waals surface area (Å²) in [4.78, 5) is 19.2. The molecule has 3 aromatic rings. The standard InChI is InChI=1S/C24H25FN4O2/c1-14(2)13-29-16(4)20(21(26-24(29)30)18-6-5-7-19(25)12-18)23-27-22(28-31-23)17-10-8-15(3)9-11-17/h5-12,14,21H,13H2,1-4H3,(H,26,30). The second kappa shape index (κ2) is 8.34. The number of rotatable bonds is 5. The van der Waals surface area contributed by atoms with Crippen LogP contribution in [0.1, 0.15) is 43.8 Å². The van der Waals surface area contributed by atoms with Crippen LogP contribution in [-0.4, -0.2) is 27.6 Å². The number of aryl methyl sites for hydroxylation is 1. The van der Waals surface area contributed by atoms with Gasteiger partial charge in [-0.25, -0.2) is 9.18 Å². The number of benzene rings is 2. The first kappa shape index (κ1) is 20.8. The molecule has 6 nitrogen and oxygen atoms in total. The topological polar surface area (TPSA) is 71.3 Å². The minimum absolute atomic E-state index is 0.234. The first-order valence-electron chi connectivity index (χ1n) is 10.3. The van der Waals surface area contributed by atoms with Crippen molar-refractivity contribution in [2.45, 2.75) is 33.7 Å². The van der Waals surface area contributed by atoms with Crippen LogP contribution < -0.4 is 5.32 Å². The molecular formula is C24H25FN4O2. The Morgan fingerprint density at radius 2 is 1.90 bits per heavy atom. The maximum absolute atomic E-state index is 14.0. The lowest BCUT2D eigenvalue weighted by atomic mass is 9.94. The second-order valence-electron chi connectivity index (χ2n) is 8.23. The van der Waals surface area contributed by atoms with Gasteiger partial charge in [0.2, 0.25) is 5.82 Å². The highest BCUT2D eigenvalue weighted by Crippen LogP contribution is 2.37.